The van der Waals surface area contributed by atoms with Crippen molar-refractivity contribution in [3.63, 3.8) is 0 Å². The molecule has 0 aliphatic carbocycles. The Labute approximate surface area is 196 Å². The van der Waals surface area contributed by atoms with E-state index in [4.69, 9.17) is 4.74 Å². The maximum Gasteiger partial charge on any atom is 0.407 e. The van der Waals surface area contributed by atoms with Crippen LogP contribution in [0, 0.1) is 6.92 Å². The second-order valence-corrected chi connectivity index (χ2v) is 10.1. The number of thiophene rings is 1. The first kappa shape index (κ1) is 22.9. The number of rotatable bonds is 5. The lowest BCUT2D eigenvalue weighted by Gasteiger charge is -2.22. The van der Waals surface area contributed by atoms with E-state index in [0.29, 0.717) is 37.7 Å². The quantitative estimate of drug-likeness (QED) is 0.587. The van der Waals surface area contributed by atoms with Gasteiger partial charge in [0.25, 0.3) is 5.91 Å². The summed E-state index contributed by atoms with van der Waals surface area (Å²) in [7, 11) is 0. The lowest BCUT2D eigenvalue weighted by atomic mass is 10.2. The van der Waals surface area contributed by atoms with Gasteiger partial charge in [0, 0.05) is 32.0 Å². The fourth-order valence-electron chi connectivity index (χ4n) is 3.67. The summed E-state index contributed by atoms with van der Waals surface area (Å²) in [6, 6.07) is 3.77. The molecule has 0 saturated carbocycles. The van der Waals surface area contributed by atoms with Crippen LogP contribution < -0.4 is 10.6 Å². The monoisotopic (exact) mass is 468 g/mol. The number of hydrogen-bond acceptors (Lipinski definition) is 8. The van der Waals surface area contributed by atoms with Crippen molar-refractivity contribution in [1.82, 2.24) is 25.2 Å². The number of amides is 2. The van der Waals surface area contributed by atoms with E-state index in [1.54, 1.807) is 17.3 Å². The van der Waals surface area contributed by atoms with Gasteiger partial charge < -0.3 is 20.3 Å². The maximum atomic E-state index is 13.4. The summed E-state index contributed by atoms with van der Waals surface area (Å²) in [6.45, 7) is 8.89. The molecule has 1 atom stereocenters. The summed E-state index contributed by atoms with van der Waals surface area (Å²) < 4.78 is 6.08. The second-order valence-electron chi connectivity index (χ2n) is 9.14. The topological polar surface area (TPSA) is 109 Å². The van der Waals surface area contributed by atoms with Crippen molar-refractivity contribution in [1.29, 1.82) is 0 Å². The highest BCUT2D eigenvalue weighted by Gasteiger charge is 2.31. The number of nitrogens with one attached hydrogen (secondary N) is 2. The van der Waals surface area contributed by atoms with E-state index in [9.17, 15) is 9.59 Å². The molecule has 33 heavy (non-hydrogen) atoms. The summed E-state index contributed by atoms with van der Waals surface area (Å²) in [6.07, 6.45) is 3.78. The first-order valence-electron chi connectivity index (χ1n) is 10.9. The van der Waals surface area contributed by atoms with Gasteiger partial charge in [-0.05, 0) is 56.7 Å². The normalized spacial score (nSPS) is 16.1. The van der Waals surface area contributed by atoms with E-state index in [-0.39, 0.29) is 11.9 Å². The summed E-state index contributed by atoms with van der Waals surface area (Å²) >= 11 is 1.44. The van der Waals surface area contributed by atoms with Crippen LogP contribution in [-0.4, -0.2) is 56.6 Å². The smallest absolute Gasteiger partial charge is 0.407 e. The highest BCUT2D eigenvalue weighted by molar-refractivity contribution is 7.17. The van der Waals surface area contributed by atoms with E-state index in [1.807, 2.05) is 45.2 Å². The van der Waals surface area contributed by atoms with E-state index in [2.05, 4.69) is 25.6 Å². The van der Waals surface area contributed by atoms with Gasteiger partial charge in [0.1, 0.15) is 5.60 Å². The molecule has 10 heteroatoms. The average molecular weight is 469 g/mol. The summed E-state index contributed by atoms with van der Waals surface area (Å²) in [5.41, 5.74) is 2.61. The van der Waals surface area contributed by atoms with Crippen molar-refractivity contribution in [2.45, 2.75) is 52.3 Å². The van der Waals surface area contributed by atoms with Gasteiger partial charge in [-0.3, -0.25) is 9.78 Å². The van der Waals surface area contributed by atoms with Crippen molar-refractivity contribution in [2.75, 3.05) is 18.4 Å². The number of carbonyl (C=O) groups excluding carboxylic acids is 2. The molecule has 3 aromatic heterocycles. The Balaban J connectivity index is 1.46. The molecule has 4 rings (SSSR count). The SMILES string of the molecule is Cc1cncc(CNc2nc(C(=O)N3CCC(NC(=O)OC(C)(C)C)C3)c3sccc3n2)c1. The van der Waals surface area contributed by atoms with Crippen LogP contribution in [0.3, 0.4) is 0 Å². The summed E-state index contributed by atoms with van der Waals surface area (Å²) in [4.78, 5) is 40.5. The van der Waals surface area contributed by atoms with E-state index in [0.717, 1.165) is 21.3 Å². The fraction of sp³-hybridized carbons (Fsp3) is 0.435. The Morgan fingerprint density at radius 2 is 2.09 bits per heavy atom. The Morgan fingerprint density at radius 3 is 2.85 bits per heavy atom. The van der Waals surface area contributed by atoms with E-state index in [1.165, 1.54) is 11.3 Å². The molecule has 4 heterocycles. The molecule has 174 valence electrons. The molecule has 0 spiro atoms. The Kier molecular flexibility index (Phi) is 6.46. The number of nitrogens with zero attached hydrogens (tertiary/aromatic N) is 4. The van der Waals surface area contributed by atoms with Crippen molar-refractivity contribution in [2.24, 2.45) is 0 Å². The molecule has 1 aliphatic heterocycles. The highest BCUT2D eigenvalue weighted by atomic mass is 32.1. The average Bonchev–Trinajstić information content (AvgIpc) is 3.39. The predicted octanol–water partition coefficient (Wildman–Crippen LogP) is 3.75. The Morgan fingerprint density at radius 1 is 1.27 bits per heavy atom. The first-order chi connectivity index (χ1) is 15.7. The number of likely N-dealkylation sites (tertiary alicyclic amines) is 1. The number of anilines is 1. The first-order valence-corrected chi connectivity index (χ1v) is 11.7. The Hall–Kier alpha value is -3.27. The van der Waals surface area contributed by atoms with Crippen LogP contribution in [-0.2, 0) is 11.3 Å². The number of aromatic nitrogens is 3. The van der Waals surface area contributed by atoms with Crippen molar-refractivity contribution in [3.05, 3.63) is 46.7 Å². The molecule has 3 aromatic rings. The van der Waals surface area contributed by atoms with Crippen LogP contribution >= 0.6 is 11.3 Å². The number of alkyl carbamates (subject to hydrolysis) is 1. The van der Waals surface area contributed by atoms with Crippen LogP contribution in [0.2, 0.25) is 0 Å². The lowest BCUT2D eigenvalue weighted by Crippen LogP contribution is -2.41. The number of ether oxygens (including phenoxy) is 1. The maximum absolute atomic E-state index is 13.4. The molecular formula is C23H28N6O3S. The standard InChI is InChI=1S/C23H28N6O3S/c1-14-9-15(11-24-10-14)12-25-21-27-17-6-8-33-19(17)18(28-21)20(30)29-7-5-16(13-29)26-22(31)32-23(2,3)4/h6,8-11,16H,5,7,12-13H2,1-4H3,(H,26,31)(H,25,27,28). The highest BCUT2D eigenvalue weighted by Crippen LogP contribution is 2.26. The van der Waals surface area contributed by atoms with Gasteiger partial charge in [-0.15, -0.1) is 11.3 Å². The van der Waals surface area contributed by atoms with Gasteiger partial charge in [0.15, 0.2) is 5.69 Å². The number of aryl methyl sites for hydroxylation is 1. The number of fused-ring (bicyclic) bond motifs is 1. The minimum Gasteiger partial charge on any atom is -0.444 e. The number of hydrogen-bond donors (Lipinski definition) is 2. The van der Waals surface area contributed by atoms with Crippen molar-refractivity contribution in [3.8, 4) is 0 Å². The van der Waals surface area contributed by atoms with E-state index >= 15 is 0 Å². The van der Waals surface area contributed by atoms with Gasteiger partial charge in [-0.1, -0.05) is 6.07 Å². The zero-order valence-corrected chi connectivity index (χ0v) is 20.0. The largest absolute Gasteiger partial charge is 0.444 e. The Bertz CT molecular complexity index is 1170. The van der Waals surface area contributed by atoms with Crippen LogP contribution in [0.5, 0.6) is 0 Å². The minimum atomic E-state index is -0.568. The molecule has 1 aliphatic rings. The van der Waals surface area contributed by atoms with Gasteiger partial charge in [-0.2, -0.15) is 0 Å². The number of pyridine rings is 1. The fourth-order valence-corrected chi connectivity index (χ4v) is 4.48. The van der Waals surface area contributed by atoms with Crippen LogP contribution in [0.15, 0.2) is 29.9 Å². The zero-order valence-electron chi connectivity index (χ0n) is 19.2. The molecule has 1 saturated heterocycles. The van der Waals surface area contributed by atoms with Crippen LogP contribution in [0.1, 0.15) is 48.8 Å². The minimum absolute atomic E-state index is 0.157. The molecule has 1 unspecified atom stereocenters. The third-order valence-electron chi connectivity index (χ3n) is 5.08. The van der Waals surface area contributed by atoms with E-state index < -0.39 is 11.7 Å². The number of carbonyl (C=O) groups is 2. The zero-order chi connectivity index (χ0) is 23.6. The van der Waals surface area contributed by atoms with Gasteiger partial charge >= 0.3 is 6.09 Å². The van der Waals surface area contributed by atoms with Crippen molar-refractivity contribution >= 4 is 39.5 Å². The molecule has 0 bridgehead atoms. The molecule has 2 amide bonds. The molecule has 2 N–H and O–H groups in total. The molecule has 1 fully saturated rings. The second kappa shape index (κ2) is 9.30. The van der Waals surface area contributed by atoms with Gasteiger partial charge in [0.2, 0.25) is 5.95 Å². The molecule has 0 aromatic carbocycles. The third-order valence-corrected chi connectivity index (χ3v) is 6.00. The van der Waals surface area contributed by atoms with Crippen molar-refractivity contribution < 1.29 is 14.3 Å². The van der Waals surface area contributed by atoms with Gasteiger partial charge in [0.05, 0.1) is 16.3 Å². The summed E-state index contributed by atoms with van der Waals surface area (Å²) in [5, 5.41) is 7.97. The summed E-state index contributed by atoms with van der Waals surface area (Å²) in [5.74, 6) is 0.229. The molecular weight excluding hydrogens is 440 g/mol. The molecule has 9 nitrogen and oxygen atoms in total. The van der Waals surface area contributed by atoms with Crippen LogP contribution in [0.25, 0.3) is 10.2 Å². The third kappa shape index (κ3) is 5.75. The molecule has 0 radical (unpaired) electrons. The lowest BCUT2D eigenvalue weighted by molar-refractivity contribution is 0.0502. The predicted molar refractivity (Wildman–Crippen MR) is 127 cm³/mol. The van der Waals surface area contributed by atoms with Gasteiger partial charge in [-0.25, -0.2) is 14.8 Å². The van der Waals surface area contributed by atoms with Crippen LogP contribution in [0.4, 0.5) is 10.7 Å².